The maximum atomic E-state index is 13.1. The summed E-state index contributed by atoms with van der Waals surface area (Å²) in [5.74, 6) is -1.03. The van der Waals surface area contributed by atoms with Crippen LogP contribution in [-0.4, -0.2) is 71.1 Å². The van der Waals surface area contributed by atoms with E-state index >= 15 is 0 Å². The van der Waals surface area contributed by atoms with Crippen molar-refractivity contribution < 1.29 is 27.9 Å². The average molecular weight is 549 g/mol. The van der Waals surface area contributed by atoms with Crippen LogP contribution in [0.2, 0.25) is 0 Å². The van der Waals surface area contributed by atoms with Crippen molar-refractivity contribution in [2.45, 2.75) is 76.5 Å². The van der Waals surface area contributed by atoms with Gasteiger partial charge in [-0.1, -0.05) is 6.92 Å². The van der Waals surface area contributed by atoms with Gasteiger partial charge in [-0.3, -0.25) is 19.3 Å². The number of likely N-dealkylation sites (tertiary alicyclic amines) is 1. The molecule has 208 valence electrons. The Morgan fingerprint density at radius 1 is 1.24 bits per heavy atom. The molecule has 1 saturated heterocycles. The standard InChI is InChI=1S/C22H28N4O5S.C4H8O2/c1-13(21(28)31-22(2,3)4)26-10-8-14(12-26)25-32(29,30)15-5-6-18-17(11-15)16-7-9-23-19(16)20(27)24-18;1-2-3-4(5)6/h5-7,9,11,13-14,23,25H,8,10,12H2,1-4H3,(H,24,27);2-3H2,1H3,(H,5,6)/t13?,14-;/m0./s1. The lowest BCUT2D eigenvalue weighted by Gasteiger charge is -2.27. The number of carboxylic acid groups (broad SMARTS) is 1. The van der Waals surface area contributed by atoms with Gasteiger partial charge < -0.3 is 19.8 Å². The smallest absolute Gasteiger partial charge is 0.323 e. The molecule has 1 aliphatic rings. The number of carbonyl (C=O) groups is 2. The Balaban J connectivity index is 0.000000599. The molecule has 0 bridgehead atoms. The van der Waals surface area contributed by atoms with Gasteiger partial charge in [0.15, 0.2) is 0 Å². The fraction of sp³-hybridized carbons (Fsp3) is 0.500. The van der Waals surface area contributed by atoms with E-state index in [0.717, 1.165) is 6.42 Å². The van der Waals surface area contributed by atoms with Crippen LogP contribution in [0.4, 0.5) is 0 Å². The number of fused-ring (bicyclic) bond motifs is 3. The minimum absolute atomic E-state index is 0.123. The van der Waals surface area contributed by atoms with E-state index in [1.807, 2.05) is 32.6 Å². The number of carbonyl (C=O) groups excluding carboxylic acids is 1. The lowest BCUT2D eigenvalue weighted by atomic mass is 10.1. The van der Waals surface area contributed by atoms with Gasteiger partial charge in [0.25, 0.3) is 5.56 Å². The molecule has 1 fully saturated rings. The first kappa shape index (κ1) is 29.3. The number of hydrogen-bond donors (Lipinski definition) is 4. The number of sulfonamides is 1. The number of benzene rings is 1. The number of aliphatic carboxylic acids is 1. The highest BCUT2D eigenvalue weighted by Crippen LogP contribution is 2.25. The summed E-state index contributed by atoms with van der Waals surface area (Å²) < 4.78 is 34.3. The van der Waals surface area contributed by atoms with Crippen LogP contribution in [0.1, 0.15) is 53.9 Å². The van der Waals surface area contributed by atoms with Gasteiger partial charge in [0.05, 0.1) is 4.90 Å². The molecule has 12 heteroatoms. The number of nitrogens with one attached hydrogen (secondary N) is 3. The first-order valence-electron chi connectivity index (χ1n) is 12.6. The van der Waals surface area contributed by atoms with E-state index in [1.165, 1.54) is 6.07 Å². The molecule has 4 rings (SSSR count). The first-order chi connectivity index (χ1) is 17.7. The van der Waals surface area contributed by atoms with E-state index in [1.54, 1.807) is 31.3 Å². The van der Waals surface area contributed by atoms with Crippen LogP contribution in [0.3, 0.4) is 0 Å². The van der Waals surface area contributed by atoms with E-state index in [0.29, 0.717) is 47.7 Å². The number of esters is 1. The largest absolute Gasteiger partial charge is 0.481 e. The molecule has 0 aliphatic carbocycles. The molecule has 38 heavy (non-hydrogen) atoms. The third kappa shape index (κ3) is 7.21. The summed E-state index contributed by atoms with van der Waals surface area (Å²) in [5.41, 5.74) is 0.148. The van der Waals surface area contributed by atoms with Crippen LogP contribution in [0.5, 0.6) is 0 Å². The molecule has 3 heterocycles. The summed E-state index contributed by atoms with van der Waals surface area (Å²) in [6.07, 6.45) is 3.27. The molecule has 1 aliphatic heterocycles. The van der Waals surface area contributed by atoms with Gasteiger partial charge in [-0.25, -0.2) is 13.1 Å². The van der Waals surface area contributed by atoms with Gasteiger partial charge in [0, 0.05) is 48.0 Å². The zero-order chi connectivity index (χ0) is 28.3. The predicted octanol–water partition coefficient (Wildman–Crippen LogP) is 2.96. The van der Waals surface area contributed by atoms with E-state index in [-0.39, 0.29) is 22.5 Å². The molecular weight excluding hydrogens is 512 g/mol. The summed E-state index contributed by atoms with van der Waals surface area (Å²) in [5, 5.41) is 9.23. The molecule has 0 amide bonds. The average Bonchev–Trinajstić information content (AvgIpc) is 3.48. The highest BCUT2D eigenvalue weighted by atomic mass is 32.2. The molecule has 1 unspecified atom stereocenters. The third-order valence-electron chi connectivity index (χ3n) is 6.11. The minimum atomic E-state index is -3.79. The summed E-state index contributed by atoms with van der Waals surface area (Å²) in [7, 11) is -3.79. The Bertz CT molecular complexity index is 1470. The summed E-state index contributed by atoms with van der Waals surface area (Å²) in [6.45, 7) is 10.1. The van der Waals surface area contributed by atoms with Crippen molar-refractivity contribution in [3.8, 4) is 0 Å². The molecule has 0 spiro atoms. The summed E-state index contributed by atoms with van der Waals surface area (Å²) in [4.78, 5) is 41.8. The molecule has 3 aromatic rings. The van der Waals surface area contributed by atoms with Crippen LogP contribution in [0.15, 0.2) is 40.2 Å². The number of rotatable bonds is 7. The number of ether oxygens (including phenoxy) is 1. The quantitative estimate of drug-likeness (QED) is 0.328. The lowest BCUT2D eigenvalue weighted by Crippen LogP contribution is -2.43. The zero-order valence-corrected chi connectivity index (χ0v) is 23.1. The first-order valence-corrected chi connectivity index (χ1v) is 14.0. The molecule has 4 N–H and O–H groups in total. The van der Waals surface area contributed by atoms with Crippen molar-refractivity contribution in [3.05, 3.63) is 40.8 Å². The van der Waals surface area contributed by atoms with Crippen molar-refractivity contribution >= 4 is 43.8 Å². The van der Waals surface area contributed by atoms with Crippen LogP contribution in [0.25, 0.3) is 21.8 Å². The fourth-order valence-electron chi connectivity index (χ4n) is 4.26. The Morgan fingerprint density at radius 3 is 2.55 bits per heavy atom. The Kier molecular flexibility index (Phi) is 9.01. The number of aromatic amines is 2. The SMILES string of the molecule is CC(C(=O)OC(C)(C)C)N1CC[C@H](NS(=O)(=O)c2ccc3[nH]c(=O)c4[nH]ccc4c3c2)C1.CCCC(=O)O. The molecule has 0 radical (unpaired) electrons. The van der Waals surface area contributed by atoms with Gasteiger partial charge >= 0.3 is 11.9 Å². The monoisotopic (exact) mass is 548 g/mol. The van der Waals surface area contributed by atoms with Crippen LogP contribution in [0, 0.1) is 0 Å². The van der Waals surface area contributed by atoms with Crippen LogP contribution >= 0.6 is 0 Å². The van der Waals surface area contributed by atoms with E-state index in [4.69, 9.17) is 9.84 Å². The fourth-order valence-corrected chi connectivity index (χ4v) is 5.55. The normalized spacial score (nSPS) is 17.2. The van der Waals surface area contributed by atoms with Crippen molar-refractivity contribution in [2.24, 2.45) is 0 Å². The summed E-state index contributed by atoms with van der Waals surface area (Å²) >= 11 is 0. The molecule has 11 nitrogen and oxygen atoms in total. The van der Waals surface area contributed by atoms with E-state index in [2.05, 4.69) is 14.7 Å². The highest BCUT2D eigenvalue weighted by Gasteiger charge is 2.34. The van der Waals surface area contributed by atoms with Crippen molar-refractivity contribution in [3.63, 3.8) is 0 Å². The van der Waals surface area contributed by atoms with Gasteiger partial charge in [-0.05, 0) is 64.8 Å². The van der Waals surface area contributed by atoms with Crippen molar-refractivity contribution in [1.82, 2.24) is 19.6 Å². The number of H-pyrrole nitrogens is 2. The van der Waals surface area contributed by atoms with Gasteiger partial charge in [-0.15, -0.1) is 0 Å². The Hall–Kier alpha value is -3.22. The number of carboxylic acids is 1. The minimum Gasteiger partial charge on any atom is -0.481 e. The highest BCUT2D eigenvalue weighted by molar-refractivity contribution is 7.89. The number of pyridine rings is 1. The molecule has 2 aromatic heterocycles. The van der Waals surface area contributed by atoms with Gasteiger partial charge in [0.1, 0.15) is 17.2 Å². The van der Waals surface area contributed by atoms with Gasteiger partial charge in [-0.2, -0.15) is 0 Å². The Morgan fingerprint density at radius 2 is 1.95 bits per heavy atom. The maximum absolute atomic E-state index is 13.1. The maximum Gasteiger partial charge on any atom is 0.323 e. The Labute approximate surface area is 221 Å². The molecule has 2 atom stereocenters. The second-order valence-electron chi connectivity index (χ2n) is 10.4. The van der Waals surface area contributed by atoms with Crippen molar-refractivity contribution in [1.29, 1.82) is 0 Å². The molecule has 0 saturated carbocycles. The van der Waals surface area contributed by atoms with Crippen molar-refractivity contribution in [2.75, 3.05) is 13.1 Å². The molecular formula is C26H36N4O7S. The second kappa shape index (κ2) is 11.7. The summed E-state index contributed by atoms with van der Waals surface area (Å²) in [6, 6.07) is 5.63. The second-order valence-corrected chi connectivity index (χ2v) is 12.1. The predicted molar refractivity (Wildman–Crippen MR) is 145 cm³/mol. The van der Waals surface area contributed by atoms with Gasteiger partial charge in [0.2, 0.25) is 10.0 Å². The number of hydrogen-bond acceptors (Lipinski definition) is 7. The number of aromatic nitrogens is 2. The van der Waals surface area contributed by atoms with Crippen LogP contribution in [-0.2, 0) is 24.3 Å². The molecule has 1 aromatic carbocycles. The van der Waals surface area contributed by atoms with E-state index < -0.39 is 27.6 Å². The van der Waals surface area contributed by atoms with E-state index in [9.17, 15) is 22.8 Å². The van der Waals surface area contributed by atoms with Crippen LogP contribution < -0.4 is 10.3 Å². The number of nitrogens with zero attached hydrogens (tertiary/aromatic N) is 1. The topological polar surface area (TPSA) is 162 Å². The zero-order valence-electron chi connectivity index (χ0n) is 22.3. The third-order valence-corrected chi connectivity index (χ3v) is 7.63. The lowest BCUT2D eigenvalue weighted by molar-refractivity contribution is -0.160.